The molecule has 1 fully saturated rings. The lowest BCUT2D eigenvalue weighted by molar-refractivity contribution is -0.123. The molecule has 1 saturated carbocycles. The van der Waals surface area contributed by atoms with Crippen LogP contribution in [0.2, 0.25) is 0 Å². The van der Waals surface area contributed by atoms with E-state index < -0.39 is 0 Å². The summed E-state index contributed by atoms with van der Waals surface area (Å²) in [7, 11) is 1.94. The highest BCUT2D eigenvalue weighted by Gasteiger charge is 2.19. The van der Waals surface area contributed by atoms with Crippen molar-refractivity contribution in [3.63, 3.8) is 0 Å². The van der Waals surface area contributed by atoms with E-state index in [1.807, 2.05) is 7.05 Å². The Morgan fingerprint density at radius 1 is 1.31 bits per heavy atom. The van der Waals surface area contributed by atoms with Gasteiger partial charge in [-0.1, -0.05) is 19.3 Å². The summed E-state index contributed by atoms with van der Waals surface area (Å²) in [5.41, 5.74) is 0. The van der Waals surface area contributed by atoms with Crippen molar-refractivity contribution in [1.29, 1.82) is 0 Å². The molecule has 0 saturated heterocycles. The van der Waals surface area contributed by atoms with Gasteiger partial charge in [-0.15, -0.1) is 0 Å². The monoisotopic (exact) mass is 183 g/mol. The summed E-state index contributed by atoms with van der Waals surface area (Å²) in [5, 5.41) is 3.07. The third-order valence-corrected chi connectivity index (χ3v) is 2.91. The molecule has 76 valence electrons. The van der Waals surface area contributed by atoms with Crippen molar-refractivity contribution >= 4 is 5.78 Å². The molecule has 1 aliphatic carbocycles. The first kappa shape index (κ1) is 10.7. The van der Waals surface area contributed by atoms with Gasteiger partial charge in [-0.25, -0.2) is 0 Å². The quantitative estimate of drug-likeness (QED) is 0.662. The molecular formula is C11H21NO. The van der Waals surface area contributed by atoms with Crippen LogP contribution in [-0.4, -0.2) is 19.4 Å². The number of nitrogens with one attached hydrogen (secondary N) is 1. The summed E-state index contributed by atoms with van der Waals surface area (Å²) in [6, 6.07) is 0. The van der Waals surface area contributed by atoms with Crippen molar-refractivity contribution < 1.29 is 4.79 Å². The third kappa shape index (κ3) is 3.90. The van der Waals surface area contributed by atoms with Crippen LogP contribution in [0, 0.1) is 5.92 Å². The number of rotatable bonds is 5. The van der Waals surface area contributed by atoms with Crippen LogP contribution in [0.15, 0.2) is 0 Å². The average molecular weight is 183 g/mol. The molecule has 0 atom stereocenters. The molecular weight excluding hydrogens is 162 g/mol. The van der Waals surface area contributed by atoms with Gasteiger partial charge in [-0.3, -0.25) is 4.79 Å². The minimum absolute atomic E-state index is 0.408. The first-order chi connectivity index (χ1) is 6.34. The molecule has 2 nitrogen and oxygen atoms in total. The van der Waals surface area contributed by atoms with Gasteiger partial charge in [0.1, 0.15) is 5.78 Å². The largest absolute Gasteiger partial charge is 0.320 e. The molecule has 0 bridgehead atoms. The van der Waals surface area contributed by atoms with E-state index in [9.17, 15) is 4.79 Å². The van der Waals surface area contributed by atoms with Crippen LogP contribution in [0.5, 0.6) is 0 Å². The number of hydrogen-bond acceptors (Lipinski definition) is 2. The second-order valence-corrected chi connectivity index (χ2v) is 4.01. The molecule has 0 radical (unpaired) electrons. The number of carbonyl (C=O) groups is 1. The van der Waals surface area contributed by atoms with Gasteiger partial charge in [0.25, 0.3) is 0 Å². The van der Waals surface area contributed by atoms with Gasteiger partial charge in [0, 0.05) is 12.3 Å². The molecule has 1 rings (SSSR count). The van der Waals surface area contributed by atoms with Crippen molar-refractivity contribution in [1.82, 2.24) is 5.32 Å². The lowest BCUT2D eigenvalue weighted by Gasteiger charge is -2.20. The van der Waals surface area contributed by atoms with E-state index in [2.05, 4.69) is 5.32 Å². The molecule has 13 heavy (non-hydrogen) atoms. The molecule has 0 spiro atoms. The summed E-state index contributed by atoms with van der Waals surface area (Å²) < 4.78 is 0. The summed E-state index contributed by atoms with van der Waals surface area (Å²) in [6.07, 6.45) is 7.96. The van der Waals surface area contributed by atoms with E-state index in [1.54, 1.807) is 0 Å². The number of hydrogen-bond donors (Lipinski definition) is 1. The van der Waals surface area contributed by atoms with Crippen molar-refractivity contribution in [3.8, 4) is 0 Å². The fourth-order valence-electron chi connectivity index (χ4n) is 2.07. The lowest BCUT2D eigenvalue weighted by atomic mass is 9.85. The van der Waals surface area contributed by atoms with Crippen LogP contribution in [0.4, 0.5) is 0 Å². The van der Waals surface area contributed by atoms with Gasteiger partial charge in [0.15, 0.2) is 0 Å². The zero-order valence-electron chi connectivity index (χ0n) is 8.64. The van der Waals surface area contributed by atoms with Gasteiger partial charge in [0.05, 0.1) is 0 Å². The highest BCUT2D eigenvalue weighted by molar-refractivity contribution is 5.80. The maximum absolute atomic E-state index is 11.6. The van der Waals surface area contributed by atoms with Gasteiger partial charge < -0.3 is 5.32 Å². The Morgan fingerprint density at radius 3 is 2.62 bits per heavy atom. The Labute approximate surface area is 81.1 Å². The summed E-state index contributed by atoms with van der Waals surface area (Å²) in [6.45, 7) is 0.971. The Bertz CT molecular complexity index is 150. The number of ketones is 1. The van der Waals surface area contributed by atoms with Crippen molar-refractivity contribution in [3.05, 3.63) is 0 Å². The second kappa shape index (κ2) is 6.14. The van der Waals surface area contributed by atoms with E-state index in [0.29, 0.717) is 11.7 Å². The van der Waals surface area contributed by atoms with Crippen LogP contribution >= 0.6 is 0 Å². The molecule has 0 heterocycles. The van der Waals surface area contributed by atoms with Gasteiger partial charge in [0.2, 0.25) is 0 Å². The van der Waals surface area contributed by atoms with Crippen molar-refractivity contribution in [2.24, 2.45) is 5.92 Å². The Balaban J connectivity index is 2.13. The zero-order chi connectivity index (χ0) is 9.52. The zero-order valence-corrected chi connectivity index (χ0v) is 8.64. The molecule has 0 aromatic carbocycles. The maximum atomic E-state index is 11.6. The van der Waals surface area contributed by atoms with Crippen LogP contribution in [0.25, 0.3) is 0 Å². The van der Waals surface area contributed by atoms with E-state index in [4.69, 9.17) is 0 Å². The predicted molar refractivity (Wildman–Crippen MR) is 54.7 cm³/mol. The molecule has 2 heteroatoms. The Hall–Kier alpha value is -0.370. The van der Waals surface area contributed by atoms with Crippen LogP contribution in [0.3, 0.4) is 0 Å². The summed E-state index contributed by atoms with van der Waals surface area (Å²) >= 11 is 0. The third-order valence-electron chi connectivity index (χ3n) is 2.91. The minimum atomic E-state index is 0.408. The Morgan fingerprint density at radius 2 is 2.00 bits per heavy atom. The fourth-order valence-corrected chi connectivity index (χ4v) is 2.07. The molecule has 0 aliphatic heterocycles. The fraction of sp³-hybridized carbons (Fsp3) is 0.909. The molecule has 0 aromatic heterocycles. The van der Waals surface area contributed by atoms with Gasteiger partial charge in [-0.2, -0.15) is 0 Å². The molecule has 0 unspecified atom stereocenters. The highest BCUT2D eigenvalue weighted by atomic mass is 16.1. The standard InChI is InChI=1S/C11H21NO/c1-12-9-5-8-11(13)10-6-3-2-4-7-10/h10,12H,2-9H2,1H3. The molecule has 1 aliphatic rings. The Kier molecular flexibility index (Phi) is 5.06. The molecule has 0 aromatic rings. The van der Waals surface area contributed by atoms with Crippen LogP contribution in [-0.2, 0) is 4.79 Å². The predicted octanol–water partition coefficient (Wildman–Crippen LogP) is 2.14. The first-order valence-electron chi connectivity index (χ1n) is 5.52. The van der Waals surface area contributed by atoms with E-state index in [-0.39, 0.29) is 0 Å². The average Bonchev–Trinajstić information content (AvgIpc) is 2.19. The van der Waals surface area contributed by atoms with E-state index in [0.717, 1.165) is 32.2 Å². The molecule has 1 N–H and O–H groups in total. The second-order valence-electron chi connectivity index (χ2n) is 4.01. The summed E-state index contributed by atoms with van der Waals surface area (Å²) in [5.74, 6) is 0.917. The maximum Gasteiger partial charge on any atom is 0.136 e. The number of Topliss-reactive ketones (excluding diaryl/α,β-unsaturated/α-hetero) is 1. The normalized spacial score (nSPS) is 18.8. The lowest BCUT2D eigenvalue weighted by Crippen LogP contribution is -2.19. The van der Waals surface area contributed by atoms with E-state index in [1.165, 1.54) is 19.3 Å². The number of carbonyl (C=O) groups excluding carboxylic acids is 1. The van der Waals surface area contributed by atoms with Crippen molar-refractivity contribution in [2.45, 2.75) is 44.9 Å². The topological polar surface area (TPSA) is 29.1 Å². The summed E-state index contributed by atoms with van der Waals surface area (Å²) in [4.78, 5) is 11.6. The van der Waals surface area contributed by atoms with Crippen LogP contribution in [0.1, 0.15) is 44.9 Å². The van der Waals surface area contributed by atoms with Crippen molar-refractivity contribution in [2.75, 3.05) is 13.6 Å². The molecule has 0 amide bonds. The van der Waals surface area contributed by atoms with E-state index >= 15 is 0 Å². The van der Waals surface area contributed by atoms with Crippen LogP contribution < -0.4 is 5.32 Å². The smallest absolute Gasteiger partial charge is 0.136 e. The SMILES string of the molecule is CNCCCC(=O)C1CCCCC1. The van der Waals surface area contributed by atoms with Gasteiger partial charge in [-0.05, 0) is 32.9 Å². The minimum Gasteiger partial charge on any atom is -0.320 e. The highest BCUT2D eigenvalue weighted by Crippen LogP contribution is 2.25. The first-order valence-corrected chi connectivity index (χ1v) is 5.52. The van der Waals surface area contributed by atoms with Gasteiger partial charge >= 0.3 is 0 Å².